The molecular weight excluding hydrogens is 553 g/mol. The van der Waals surface area contributed by atoms with E-state index in [1.54, 1.807) is 0 Å². The van der Waals surface area contributed by atoms with Crippen molar-refractivity contribution in [3.63, 3.8) is 0 Å². The van der Waals surface area contributed by atoms with Gasteiger partial charge in [0.1, 0.15) is 0 Å². The van der Waals surface area contributed by atoms with Crippen LogP contribution in [-0.2, 0) is 27.3 Å². The average molecular weight is 577 g/mol. The first-order chi connectivity index (χ1) is 18.2. The van der Waals surface area contributed by atoms with Crippen LogP contribution in [0.25, 0.3) is 0 Å². The first kappa shape index (κ1) is 31.0. The molecule has 0 radical (unpaired) electrons. The molecule has 3 rings (SSSR count). The number of ketones is 1. The number of aliphatic carboxylic acids is 3. The minimum atomic E-state index is -5.08. The molecule has 16 heteroatoms. The number of rotatable bonds is 10. The van der Waals surface area contributed by atoms with E-state index >= 15 is 0 Å². The highest BCUT2D eigenvalue weighted by Gasteiger charge is 2.38. The molecule has 39 heavy (non-hydrogen) atoms. The molecule has 1 aromatic carbocycles. The second-order valence-corrected chi connectivity index (χ2v) is 8.92. The Labute approximate surface area is 222 Å². The molecule has 2 heterocycles. The molecule has 0 bridgehead atoms. The lowest BCUT2D eigenvalue weighted by Gasteiger charge is -2.13. The maximum absolute atomic E-state index is 12.6. The number of carboxylic acids is 3. The highest BCUT2D eigenvalue weighted by molar-refractivity contribution is 7.14. The molecule has 0 saturated heterocycles. The summed E-state index contributed by atoms with van der Waals surface area (Å²) in [4.78, 5) is 57.4. The first-order valence-corrected chi connectivity index (χ1v) is 11.8. The Bertz CT molecular complexity index is 1260. The number of thiophene rings is 1. The van der Waals surface area contributed by atoms with Crippen LogP contribution in [0.3, 0.4) is 0 Å². The summed E-state index contributed by atoms with van der Waals surface area (Å²) in [6.45, 7) is 1.85. The zero-order valence-corrected chi connectivity index (χ0v) is 21.0. The molecule has 5 N–H and O–H groups in total. The van der Waals surface area contributed by atoms with Gasteiger partial charge >= 0.3 is 24.1 Å². The number of ether oxygens (including phenoxy) is 2. The van der Waals surface area contributed by atoms with Crippen molar-refractivity contribution in [2.24, 2.45) is 0 Å². The smallest absolute Gasteiger partial charge is 0.479 e. The third kappa shape index (κ3) is 9.26. The minimum absolute atomic E-state index is 0.0114. The Morgan fingerprint density at radius 2 is 1.62 bits per heavy atom. The molecule has 0 saturated carbocycles. The summed E-state index contributed by atoms with van der Waals surface area (Å²) in [5.74, 6) is -6.08. The van der Waals surface area contributed by atoms with Gasteiger partial charge in [-0.25, -0.2) is 14.4 Å². The number of fused-ring (bicyclic) bond motifs is 1. The van der Waals surface area contributed by atoms with Crippen LogP contribution in [0.4, 0.5) is 13.2 Å². The average Bonchev–Trinajstić information content (AvgIpc) is 3.21. The van der Waals surface area contributed by atoms with E-state index in [1.807, 2.05) is 6.92 Å². The lowest BCUT2D eigenvalue weighted by molar-refractivity contribution is -0.192. The van der Waals surface area contributed by atoms with Crippen molar-refractivity contribution in [1.82, 2.24) is 10.6 Å². The van der Waals surface area contributed by atoms with Gasteiger partial charge in [-0.2, -0.15) is 13.2 Å². The second-order valence-electron chi connectivity index (χ2n) is 7.82. The quantitative estimate of drug-likeness (QED) is 0.260. The highest BCUT2D eigenvalue weighted by atomic mass is 32.1. The molecule has 1 aliphatic rings. The lowest BCUT2D eigenvalue weighted by Crippen LogP contribution is -2.29. The Hall–Kier alpha value is -4.18. The number of halogens is 3. The number of carbonyl (C=O) groups excluding carboxylic acids is 2. The van der Waals surface area contributed by atoms with Gasteiger partial charge in [-0.05, 0) is 42.7 Å². The van der Waals surface area contributed by atoms with E-state index in [-0.39, 0.29) is 29.5 Å². The fourth-order valence-corrected chi connectivity index (χ4v) is 4.45. The summed E-state index contributed by atoms with van der Waals surface area (Å²) in [7, 11) is 0. The van der Waals surface area contributed by atoms with Gasteiger partial charge in [0.15, 0.2) is 30.5 Å². The highest BCUT2D eigenvalue weighted by Crippen LogP contribution is 2.31. The van der Waals surface area contributed by atoms with E-state index in [2.05, 4.69) is 10.6 Å². The van der Waals surface area contributed by atoms with Gasteiger partial charge < -0.3 is 35.4 Å². The van der Waals surface area contributed by atoms with Crippen LogP contribution in [0.2, 0.25) is 0 Å². The molecule has 2 aromatic rings. The number of alkyl halides is 3. The molecule has 1 aliphatic heterocycles. The SMILES string of the molecule is Cc1c(C(=O)NCC(=O)c2ccc(OCC(=O)O)c(OCC(=O)O)c2)sc2c1CNCC2.O=C(O)C(F)(F)F. The van der Waals surface area contributed by atoms with E-state index in [0.717, 1.165) is 30.6 Å². The number of carbonyl (C=O) groups is 5. The van der Waals surface area contributed by atoms with Crippen LogP contribution in [0.5, 0.6) is 11.5 Å². The fourth-order valence-electron chi connectivity index (χ4n) is 3.21. The van der Waals surface area contributed by atoms with Crippen LogP contribution in [0, 0.1) is 6.92 Å². The normalized spacial score (nSPS) is 12.3. The molecule has 1 amide bonds. The van der Waals surface area contributed by atoms with E-state index in [1.165, 1.54) is 34.4 Å². The van der Waals surface area contributed by atoms with E-state index in [9.17, 15) is 32.3 Å². The van der Waals surface area contributed by atoms with Crippen LogP contribution < -0.4 is 20.1 Å². The van der Waals surface area contributed by atoms with Crippen molar-refractivity contribution < 1.29 is 61.9 Å². The van der Waals surface area contributed by atoms with Crippen molar-refractivity contribution in [1.29, 1.82) is 0 Å². The van der Waals surface area contributed by atoms with Gasteiger partial charge in [0.05, 0.1) is 11.4 Å². The summed E-state index contributed by atoms with van der Waals surface area (Å²) in [5, 5.41) is 30.6. The minimum Gasteiger partial charge on any atom is -0.479 e. The summed E-state index contributed by atoms with van der Waals surface area (Å²) in [5.41, 5.74) is 2.20. The van der Waals surface area contributed by atoms with E-state index in [4.69, 9.17) is 29.6 Å². The van der Waals surface area contributed by atoms with E-state index in [0.29, 0.717) is 4.88 Å². The van der Waals surface area contributed by atoms with Crippen LogP contribution in [0.15, 0.2) is 18.2 Å². The number of Topliss-reactive ketones (excluding diaryl/α,β-unsaturated/α-hetero) is 1. The molecule has 0 atom stereocenters. The van der Waals surface area contributed by atoms with Crippen molar-refractivity contribution in [2.45, 2.75) is 26.1 Å². The van der Waals surface area contributed by atoms with Crippen molar-refractivity contribution in [2.75, 3.05) is 26.3 Å². The topological polar surface area (TPSA) is 189 Å². The van der Waals surface area contributed by atoms with Crippen molar-refractivity contribution >= 4 is 40.9 Å². The summed E-state index contributed by atoms with van der Waals surface area (Å²) in [6.07, 6.45) is -4.22. The number of amides is 1. The summed E-state index contributed by atoms with van der Waals surface area (Å²) < 4.78 is 41.9. The van der Waals surface area contributed by atoms with Gasteiger partial charge in [0, 0.05) is 23.5 Å². The largest absolute Gasteiger partial charge is 0.490 e. The lowest BCUT2D eigenvalue weighted by atomic mass is 10.1. The monoisotopic (exact) mass is 576 g/mol. The Kier molecular flexibility index (Phi) is 10.8. The third-order valence-corrected chi connectivity index (χ3v) is 6.40. The molecule has 212 valence electrons. The Balaban J connectivity index is 0.000000673. The maximum Gasteiger partial charge on any atom is 0.490 e. The van der Waals surface area contributed by atoms with Gasteiger partial charge in [-0.3, -0.25) is 9.59 Å². The molecule has 0 fully saturated rings. The molecular formula is C23H23F3N2O10S. The molecule has 0 unspecified atom stereocenters. The third-order valence-electron chi connectivity index (χ3n) is 5.01. The van der Waals surface area contributed by atoms with Crippen LogP contribution >= 0.6 is 11.3 Å². The zero-order valence-electron chi connectivity index (χ0n) is 20.2. The van der Waals surface area contributed by atoms with Crippen LogP contribution in [0.1, 0.15) is 36.0 Å². The predicted octanol–water partition coefficient (Wildman–Crippen LogP) is 1.88. The number of carboxylic acid groups (broad SMARTS) is 3. The molecule has 0 spiro atoms. The van der Waals surface area contributed by atoms with Gasteiger partial charge in [-0.1, -0.05) is 0 Å². The number of hydrogen-bond acceptors (Lipinski definition) is 9. The standard InChI is InChI=1S/C21H22N2O8S.C2HF3O2/c1-11-13-7-22-5-4-17(13)32-20(11)21(29)23-8-14(24)12-2-3-15(30-9-18(25)26)16(6-12)31-10-19(27)28;3-2(4,5)1(6)7/h2-3,6,22H,4-5,7-10H2,1H3,(H,23,29)(H,25,26)(H,27,28);(H,6,7). The van der Waals surface area contributed by atoms with Gasteiger partial charge in [0.25, 0.3) is 5.91 Å². The number of hydrogen-bond donors (Lipinski definition) is 5. The van der Waals surface area contributed by atoms with Gasteiger partial charge in [0.2, 0.25) is 0 Å². The molecule has 12 nitrogen and oxygen atoms in total. The second kappa shape index (κ2) is 13.6. The van der Waals surface area contributed by atoms with Crippen molar-refractivity contribution in [3.8, 4) is 11.5 Å². The first-order valence-electron chi connectivity index (χ1n) is 11.0. The van der Waals surface area contributed by atoms with Crippen molar-refractivity contribution in [3.05, 3.63) is 44.6 Å². The predicted molar refractivity (Wildman–Crippen MR) is 128 cm³/mol. The van der Waals surface area contributed by atoms with Gasteiger partial charge in [-0.15, -0.1) is 11.3 Å². The fraction of sp³-hybridized carbons (Fsp3) is 0.348. The maximum atomic E-state index is 12.6. The Morgan fingerprint density at radius 3 is 2.15 bits per heavy atom. The zero-order chi connectivity index (χ0) is 29.3. The molecule has 0 aliphatic carbocycles. The van der Waals surface area contributed by atoms with E-state index < -0.39 is 43.1 Å². The summed E-state index contributed by atoms with van der Waals surface area (Å²) in [6, 6.07) is 3.97. The number of benzene rings is 1. The Morgan fingerprint density at radius 1 is 1.03 bits per heavy atom. The van der Waals surface area contributed by atoms with Crippen LogP contribution in [-0.4, -0.2) is 77.4 Å². The number of nitrogens with one attached hydrogen (secondary N) is 2. The summed E-state index contributed by atoms with van der Waals surface area (Å²) >= 11 is 1.44. The molecule has 1 aromatic heterocycles.